The topological polar surface area (TPSA) is 43.1 Å². The Morgan fingerprint density at radius 2 is 1.71 bits per heavy atom. The van der Waals surface area contributed by atoms with Gasteiger partial charge in [0.15, 0.2) is 0 Å². The van der Waals surface area contributed by atoms with Gasteiger partial charge in [-0.05, 0) is 5.56 Å². The predicted octanol–water partition coefficient (Wildman–Crippen LogP) is 3.33. The third kappa shape index (κ3) is 3.83. The van der Waals surface area contributed by atoms with E-state index in [4.69, 9.17) is 33.2 Å². The van der Waals surface area contributed by atoms with Gasteiger partial charge in [-0.3, -0.25) is 10.1 Å². The number of hydrogen-bond acceptors (Lipinski definition) is 2. The summed E-state index contributed by atoms with van der Waals surface area (Å²) in [4.78, 5) is 9.87. The van der Waals surface area contributed by atoms with E-state index in [1.54, 1.807) is 12.1 Å². The summed E-state index contributed by atoms with van der Waals surface area (Å²) in [5.74, 6) is 0. The first-order valence-corrected chi connectivity index (χ1v) is 8.93. The van der Waals surface area contributed by atoms with Gasteiger partial charge in [0.1, 0.15) is 0 Å². The molecule has 3 nitrogen and oxygen atoms in total. The van der Waals surface area contributed by atoms with Crippen LogP contribution in [-0.2, 0) is 6.04 Å². The number of halogens is 3. The smallest absolute Gasteiger partial charge is 0.258 e. The monoisotopic (exact) mass is 269 g/mol. The molecule has 14 heavy (non-hydrogen) atoms. The van der Waals surface area contributed by atoms with Crippen LogP contribution < -0.4 is 0 Å². The normalized spacial score (nSPS) is 11.4. The quantitative estimate of drug-likeness (QED) is 0.366. The van der Waals surface area contributed by atoms with Gasteiger partial charge in [0.2, 0.25) is 0 Å². The van der Waals surface area contributed by atoms with E-state index in [0.717, 1.165) is 5.56 Å². The molecule has 0 aliphatic heterocycles. The average Bonchev–Trinajstić information content (AvgIpc) is 2.02. The zero-order valence-electron chi connectivity index (χ0n) is 6.91. The van der Waals surface area contributed by atoms with Gasteiger partial charge >= 0.3 is 6.00 Å². The number of nitro benzene ring substituents is 1. The molecule has 0 saturated heterocycles. The molecule has 0 spiro atoms. The summed E-state index contributed by atoms with van der Waals surface area (Å²) in [6, 6.07) is 3.69. The van der Waals surface area contributed by atoms with E-state index in [1.165, 1.54) is 12.1 Å². The van der Waals surface area contributed by atoms with Crippen LogP contribution in [0, 0.1) is 10.1 Å². The summed E-state index contributed by atoms with van der Waals surface area (Å²) in [6.45, 7) is 0. The van der Waals surface area contributed by atoms with Crippen molar-refractivity contribution in [1.82, 2.24) is 0 Å². The molecule has 0 heterocycles. The third-order valence-electron chi connectivity index (χ3n) is 1.55. The highest BCUT2D eigenvalue weighted by molar-refractivity contribution is 7.64. The Morgan fingerprint density at radius 3 is 2.07 bits per heavy atom. The predicted molar refractivity (Wildman–Crippen MR) is 60.1 cm³/mol. The van der Waals surface area contributed by atoms with Crippen molar-refractivity contribution in [2.45, 2.75) is 6.04 Å². The van der Waals surface area contributed by atoms with Gasteiger partial charge in [-0.25, -0.2) is 0 Å². The molecule has 1 rings (SSSR count). The first kappa shape index (κ1) is 11.8. The molecule has 0 radical (unpaired) electrons. The number of rotatable bonds is 3. The highest BCUT2D eigenvalue weighted by Crippen LogP contribution is 2.25. The van der Waals surface area contributed by atoms with Crippen molar-refractivity contribution in [1.29, 1.82) is 0 Å². The van der Waals surface area contributed by atoms with Gasteiger partial charge in [-0.15, -0.1) is 33.2 Å². The van der Waals surface area contributed by atoms with Crippen molar-refractivity contribution in [3.8, 4) is 0 Å². The molecule has 0 aliphatic rings. The van der Waals surface area contributed by atoms with Crippen LogP contribution in [-0.4, -0.2) is 10.9 Å². The molecule has 1 aromatic rings. The summed E-state index contributed by atoms with van der Waals surface area (Å²) >= 11 is 17.1. The summed E-state index contributed by atoms with van der Waals surface area (Å²) in [5.41, 5.74) is 0.849. The van der Waals surface area contributed by atoms with E-state index in [0.29, 0.717) is 6.04 Å². The molecule has 0 saturated carbocycles. The van der Waals surface area contributed by atoms with Gasteiger partial charge in [0, 0.05) is 18.2 Å². The minimum Gasteiger partial charge on any atom is -0.258 e. The van der Waals surface area contributed by atoms with Crippen LogP contribution in [0.3, 0.4) is 0 Å². The van der Waals surface area contributed by atoms with Gasteiger partial charge in [0.05, 0.1) is 4.92 Å². The Labute approximate surface area is 95.9 Å². The highest BCUT2D eigenvalue weighted by Gasteiger charge is 2.25. The lowest BCUT2D eigenvalue weighted by Gasteiger charge is -2.06. The summed E-state index contributed by atoms with van der Waals surface area (Å²) in [6.07, 6.45) is 0. The van der Waals surface area contributed by atoms with Crippen LogP contribution in [0.1, 0.15) is 5.56 Å². The van der Waals surface area contributed by atoms with Crippen LogP contribution in [0.4, 0.5) is 5.69 Å². The van der Waals surface area contributed by atoms with Crippen molar-refractivity contribution >= 4 is 44.9 Å². The van der Waals surface area contributed by atoms with E-state index < -0.39 is 10.9 Å². The molecule has 0 amide bonds. The lowest BCUT2D eigenvalue weighted by atomic mass is 10.2. The lowest BCUT2D eigenvalue weighted by molar-refractivity contribution is -0.384. The molecule has 1 aromatic carbocycles. The highest BCUT2D eigenvalue weighted by atomic mass is 35.8. The summed E-state index contributed by atoms with van der Waals surface area (Å²) in [5, 5.41) is 10.3. The van der Waals surface area contributed by atoms with Gasteiger partial charge in [-0.2, -0.15) is 0 Å². The molecule has 0 N–H and O–H groups in total. The number of non-ortho nitro benzene ring substituents is 1. The second-order valence-electron chi connectivity index (χ2n) is 2.72. The van der Waals surface area contributed by atoms with Crippen LogP contribution >= 0.6 is 33.2 Å². The minimum atomic E-state index is -2.70. The zero-order valence-corrected chi connectivity index (χ0v) is 10.2. The molecule has 0 fully saturated rings. The molecule has 0 aliphatic carbocycles. The molecule has 0 atom stereocenters. The van der Waals surface area contributed by atoms with Crippen molar-refractivity contribution < 1.29 is 4.92 Å². The standard InChI is InChI=1S/C7H6Cl3NO2Si/c8-14(9,10)5-6-1-3-7(4-2-6)11(12)13/h1-4H,5H2. The number of benzene rings is 1. The number of hydrogen-bond donors (Lipinski definition) is 0. The Balaban J connectivity index is 2.79. The van der Waals surface area contributed by atoms with Gasteiger partial charge in [-0.1, -0.05) is 12.1 Å². The van der Waals surface area contributed by atoms with E-state index in [9.17, 15) is 10.1 Å². The molecule has 0 bridgehead atoms. The summed E-state index contributed by atoms with van der Waals surface area (Å²) in [7, 11) is 0. The fourth-order valence-electron chi connectivity index (χ4n) is 0.967. The number of nitro groups is 1. The minimum absolute atomic E-state index is 0.0414. The first-order chi connectivity index (χ1) is 6.38. The van der Waals surface area contributed by atoms with Gasteiger partial charge < -0.3 is 0 Å². The van der Waals surface area contributed by atoms with E-state index in [-0.39, 0.29) is 5.69 Å². The molecule has 0 unspecified atom stereocenters. The molecule has 7 heteroatoms. The largest absolute Gasteiger partial charge is 0.345 e. The Kier molecular flexibility index (Phi) is 3.77. The lowest BCUT2D eigenvalue weighted by Crippen LogP contribution is -2.14. The van der Waals surface area contributed by atoms with Crippen LogP contribution in [0.2, 0.25) is 0 Å². The second kappa shape index (κ2) is 4.48. The summed E-state index contributed by atoms with van der Waals surface area (Å²) < 4.78 is 0. The van der Waals surface area contributed by atoms with Gasteiger partial charge in [0.25, 0.3) is 5.69 Å². The Morgan fingerprint density at radius 1 is 1.21 bits per heavy atom. The first-order valence-electron chi connectivity index (χ1n) is 3.68. The molecule has 0 aromatic heterocycles. The average molecular weight is 271 g/mol. The Hall–Kier alpha value is -0.293. The zero-order chi connectivity index (χ0) is 10.8. The number of nitrogens with zero attached hydrogens (tertiary/aromatic N) is 1. The van der Waals surface area contributed by atoms with Crippen molar-refractivity contribution in [2.24, 2.45) is 0 Å². The van der Waals surface area contributed by atoms with Crippen LogP contribution in [0.25, 0.3) is 0 Å². The molecule has 76 valence electrons. The second-order valence-corrected chi connectivity index (χ2v) is 11.8. The van der Waals surface area contributed by atoms with Crippen LogP contribution in [0.5, 0.6) is 0 Å². The maximum atomic E-state index is 10.3. The van der Waals surface area contributed by atoms with E-state index in [2.05, 4.69) is 0 Å². The van der Waals surface area contributed by atoms with Crippen molar-refractivity contribution in [3.63, 3.8) is 0 Å². The van der Waals surface area contributed by atoms with Crippen molar-refractivity contribution in [2.75, 3.05) is 0 Å². The van der Waals surface area contributed by atoms with Crippen LogP contribution in [0.15, 0.2) is 24.3 Å². The fraction of sp³-hybridized carbons (Fsp3) is 0.143. The maximum absolute atomic E-state index is 10.3. The molecular weight excluding hydrogens is 265 g/mol. The SMILES string of the molecule is O=[N+]([O-])c1ccc(C[Si](Cl)(Cl)Cl)cc1. The van der Waals surface area contributed by atoms with Crippen molar-refractivity contribution in [3.05, 3.63) is 39.9 Å². The maximum Gasteiger partial charge on any atom is 0.345 e. The molecular formula is C7H6Cl3NO2Si. The third-order valence-corrected chi connectivity index (χ3v) is 3.56. The van der Waals surface area contributed by atoms with E-state index in [1.807, 2.05) is 0 Å². The van der Waals surface area contributed by atoms with E-state index >= 15 is 0 Å². The fourth-order valence-corrected chi connectivity index (χ4v) is 3.05. The Bertz CT molecular complexity index is 336.